The molecular weight excluding hydrogens is 343 g/mol. The van der Waals surface area contributed by atoms with E-state index in [-0.39, 0.29) is 5.83 Å². The van der Waals surface area contributed by atoms with Gasteiger partial charge in [0.15, 0.2) is 0 Å². The number of thiazole rings is 1. The van der Waals surface area contributed by atoms with Crippen LogP contribution in [-0.2, 0) is 11.3 Å². The first kappa shape index (κ1) is 16.5. The molecule has 1 saturated heterocycles. The number of aromatic nitrogens is 5. The number of halogens is 1. The first-order valence-electron chi connectivity index (χ1n) is 8.37. The SMILES string of the molecule is FC1=CC(n2cnnn2)=CCC1OCc1csc(C2CCNCC2)n1. The molecule has 1 atom stereocenters. The number of tetrazole rings is 1. The minimum absolute atomic E-state index is 0.318. The van der Waals surface area contributed by atoms with Crippen molar-refractivity contribution < 1.29 is 9.13 Å². The lowest BCUT2D eigenvalue weighted by Crippen LogP contribution is -2.26. The van der Waals surface area contributed by atoms with Gasteiger partial charge in [-0.25, -0.2) is 14.1 Å². The maximum atomic E-state index is 14.3. The average molecular weight is 362 g/mol. The lowest BCUT2D eigenvalue weighted by Gasteiger charge is -2.20. The summed E-state index contributed by atoms with van der Waals surface area (Å²) >= 11 is 1.68. The summed E-state index contributed by atoms with van der Waals surface area (Å²) in [6.45, 7) is 2.41. The van der Waals surface area contributed by atoms with Crippen LogP contribution in [0.15, 0.2) is 29.7 Å². The third-order valence-corrected chi connectivity index (χ3v) is 5.49. The number of hydrogen-bond acceptors (Lipinski definition) is 7. The highest BCUT2D eigenvalue weighted by Crippen LogP contribution is 2.29. The van der Waals surface area contributed by atoms with E-state index in [0.29, 0.717) is 24.6 Å². The molecule has 4 rings (SSSR count). The van der Waals surface area contributed by atoms with E-state index < -0.39 is 6.10 Å². The molecule has 1 fully saturated rings. The molecule has 25 heavy (non-hydrogen) atoms. The highest BCUT2D eigenvalue weighted by atomic mass is 32.1. The molecular formula is C16H19FN6OS. The van der Waals surface area contributed by atoms with Crippen LogP contribution in [-0.4, -0.2) is 44.4 Å². The topological polar surface area (TPSA) is 77.8 Å². The maximum absolute atomic E-state index is 14.3. The summed E-state index contributed by atoms with van der Waals surface area (Å²) in [5.74, 6) is 0.218. The molecule has 1 unspecified atom stereocenters. The van der Waals surface area contributed by atoms with Crippen molar-refractivity contribution in [3.05, 3.63) is 40.4 Å². The molecule has 3 heterocycles. The Morgan fingerprint density at radius 1 is 1.36 bits per heavy atom. The van der Waals surface area contributed by atoms with Gasteiger partial charge in [0.05, 0.1) is 23.0 Å². The number of rotatable bonds is 5. The summed E-state index contributed by atoms with van der Waals surface area (Å²) in [6.07, 6.45) is 6.83. The van der Waals surface area contributed by atoms with Crippen molar-refractivity contribution in [3.63, 3.8) is 0 Å². The van der Waals surface area contributed by atoms with Crippen molar-refractivity contribution in [3.8, 4) is 0 Å². The number of allylic oxidation sites excluding steroid dienone is 2. The largest absolute Gasteiger partial charge is 0.364 e. The van der Waals surface area contributed by atoms with E-state index in [0.717, 1.165) is 31.6 Å². The first-order chi connectivity index (χ1) is 12.3. The van der Waals surface area contributed by atoms with Crippen LogP contribution >= 0.6 is 11.3 Å². The molecule has 7 nitrogen and oxygen atoms in total. The fraction of sp³-hybridized carbons (Fsp3) is 0.500. The molecule has 0 radical (unpaired) electrons. The minimum Gasteiger partial charge on any atom is -0.364 e. The van der Waals surface area contributed by atoms with Gasteiger partial charge in [-0.2, -0.15) is 0 Å². The van der Waals surface area contributed by atoms with Gasteiger partial charge in [-0.1, -0.05) is 6.08 Å². The summed E-state index contributed by atoms with van der Waals surface area (Å²) in [4.78, 5) is 4.68. The van der Waals surface area contributed by atoms with E-state index in [1.807, 2.05) is 11.5 Å². The lowest BCUT2D eigenvalue weighted by atomic mass is 9.99. The van der Waals surface area contributed by atoms with Crippen molar-refractivity contribution in [2.24, 2.45) is 0 Å². The van der Waals surface area contributed by atoms with Crippen LogP contribution in [0.1, 0.15) is 35.9 Å². The third kappa shape index (κ3) is 3.83. The summed E-state index contributed by atoms with van der Waals surface area (Å²) in [5.41, 5.74) is 1.49. The average Bonchev–Trinajstić information content (AvgIpc) is 3.33. The van der Waals surface area contributed by atoms with Crippen LogP contribution in [0.25, 0.3) is 5.70 Å². The van der Waals surface area contributed by atoms with E-state index >= 15 is 0 Å². The van der Waals surface area contributed by atoms with Crippen LogP contribution in [0, 0.1) is 0 Å². The molecule has 1 N–H and O–H groups in total. The van der Waals surface area contributed by atoms with Crippen LogP contribution in [0.2, 0.25) is 0 Å². The molecule has 9 heteroatoms. The fourth-order valence-corrected chi connectivity index (χ4v) is 4.03. The Labute approximate surface area is 148 Å². The van der Waals surface area contributed by atoms with Crippen molar-refractivity contribution in [1.82, 2.24) is 30.5 Å². The number of hydrogen-bond donors (Lipinski definition) is 1. The van der Waals surface area contributed by atoms with Crippen LogP contribution in [0.3, 0.4) is 0 Å². The van der Waals surface area contributed by atoms with E-state index in [9.17, 15) is 4.39 Å². The fourth-order valence-electron chi connectivity index (χ4n) is 3.05. The van der Waals surface area contributed by atoms with Gasteiger partial charge < -0.3 is 10.1 Å². The molecule has 132 valence electrons. The molecule has 0 saturated carbocycles. The van der Waals surface area contributed by atoms with Gasteiger partial charge in [-0.05, 0) is 42.4 Å². The monoisotopic (exact) mass is 362 g/mol. The smallest absolute Gasteiger partial charge is 0.143 e. The summed E-state index contributed by atoms with van der Waals surface area (Å²) in [7, 11) is 0. The molecule has 1 aliphatic carbocycles. The van der Waals surface area contributed by atoms with Crippen molar-refractivity contribution in [2.75, 3.05) is 13.1 Å². The normalized spacial score (nSPS) is 21.9. The quantitative estimate of drug-likeness (QED) is 0.879. The van der Waals surface area contributed by atoms with Gasteiger partial charge in [-0.3, -0.25) is 0 Å². The molecule has 2 aromatic heterocycles. The second-order valence-electron chi connectivity index (χ2n) is 6.15. The highest BCUT2D eigenvalue weighted by molar-refractivity contribution is 7.09. The molecule has 1 aliphatic heterocycles. The Balaban J connectivity index is 1.33. The molecule has 0 amide bonds. The molecule has 0 aromatic carbocycles. The third-order valence-electron chi connectivity index (χ3n) is 4.44. The lowest BCUT2D eigenvalue weighted by molar-refractivity contribution is 0.0496. The van der Waals surface area contributed by atoms with E-state index in [1.165, 1.54) is 22.1 Å². The van der Waals surface area contributed by atoms with Crippen molar-refractivity contribution >= 4 is 17.0 Å². The van der Waals surface area contributed by atoms with Gasteiger partial charge in [-0.15, -0.1) is 16.4 Å². The zero-order valence-corrected chi connectivity index (χ0v) is 14.5. The first-order valence-corrected chi connectivity index (χ1v) is 9.25. The van der Waals surface area contributed by atoms with E-state index in [1.54, 1.807) is 11.3 Å². The summed E-state index contributed by atoms with van der Waals surface area (Å²) in [6, 6.07) is 0. The van der Waals surface area contributed by atoms with Gasteiger partial charge in [0, 0.05) is 17.7 Å². The van der Waals surface area contributed by atoms with Crippen LogP contribution in [0.4, 0.5) is 4.39 Å². The number of piperidine rings is 1. The molecule has 0 spiro atoms. The molecule has 0 bridgehead atoms. The number of nitrogens with one attached hydrogen (secondary N) is 1. The second-order valence-corrected chi connectivity index (χ2v) is 7.04. The van der Waals surface area contributed by atoms with E-state index in [2.05, 4.69) is 25.8 Å². The number of nitrogens with zero attached hydrogens (tertiary/aromatic N) is 5. The van der Waals surface area contributed by atoms with Crippen molar-refractivity contribution in [2.45, 2.75) is 37.9 Å². The standard InChI is InChI=1S/C16H19FN6OS/c17-14-7-13(23-10-19-21-22-23)1-2-15(14)24-8-12-9-25-16(20-12)11-3-5-18-6-4-11/h1,7,9-11,15,18H,2-6,8H2. The predicted molar refractivity (Wildman–Crippen MR) is 91.4 cm³/mol. The van der Waals surface area contributed by atoms with Gasteiger partial charge in [0.1, 0.15) is 18.3 Å². The van der Waals surface area contributed by atoms with Crippen LogP contribution < -0.4 is 5.32 Å². The Hall–Kier alpha value is -1.97. The predicted octanol–water partition coefficient (Wildman–Crippen LogP) is 2.28. The van der Waals surface area contributed by atoms with Gasteiger partial charge >= 0.3 is 0 Å². The van der Waals surface area contributed by atoms with Crippen molar-refractivity contribution in [1.29, 1.82) is 0 Å². The Kier molecular flexibility index (Phi) is 4.95. The van der Waals surface area contributed by atoms with E-state index in [4.69, 9.17) is 4.74 Å². The van der Waals surface area contributed by atoms with Crippen LogP contribution in [0.5, 0.6) is 0 Å². The minimum atomic E-state index is -0.579. The van der Waals surface area contributed by atoms with Gasteiger partial charge in [0.2, 0.25) is 0 Å². The zero-order chi connectivity index (χ0) is 17.1. The Morgan fingerprint density at radius 3 is 3.00 bits per heavy atom. The highest BCUT2D eigenvalue weighted by Gasteiger charge is 2.22. The molecule has 2 aromatic rings. The number of ether oxygens (including phenoxy) is 1. The zero-order valence-electron chi connectivity index (χ0n) is 13.6. The summed E-state index contributed by atoms with van der Waals surface area (Å²) < 4.78 is 21.4. The Bertz CT molecular complexity index is 765. The van der Waals surface area contributed by atoms with Gasteiger partial charge in [0.25, 0.3) is 0 Å². The Morgan fingerprint density at radius 2 is 2.24 bits per heavy atom. The molecule has 2 aliphatic rings. The maximum Gasteiger partial charge on any atom is 0.143 e. The second kappa shape index (κ2) is 7.51. The summed E-state index contributed by atoms with van der Waals surface area (Å²) in [5, 5.41) is 17.4.